The summed E-state index contributed by atoms with van der Waals surface area (Å²) in [6, 6.07) is 20.5. The van der Waals surface area contributed by atoms with Crippen molar-refractivity contribution in [2.75, 3.05) is 31.0 Å². The molecular formula is C24H25ClN2O4. The highest BCUT2D eigenvalue weighted by Gasteiger charge is 2.15. The normalized spacial score (nSPS) is 10.3. The fraction of sp³-hybridized carbons (Fsp3) is 0.208. The number of benzene rings is 3. The molecule has 0 saturated carbocycles. The van der Waals surface area contributed by atoms with Gasteiger partial charge in [0.1, 0.15) is 5.75 Å². The second-order valence-corrected chi connectivity index (χ2v) is 7.03. The molecule has 0 aliphatic carbocycles. The zero-order valence-corrected chi connectivity index (χ0v) is 18.2. The maximum Gasteiger partial charge on any atom is 0.262 e. The Morgan fingerprint density at radius 1 is 0.968 bits per heavy atom. The van der Waals surface area contributed by atoms with E-state index in [-0.39, 0.29) is 12.5 Å². The summed E-state index contributed by atoms with van der Waals surface area (Å²) >= 11 is 6.45. The van der Waals surface area contributed by atoms with Crippen LogP contribution in [-0.4, -0.2) is 26.2 Å². The molecule has 0 heterocycles. The molecule has 0 saturated heterocycles. The van der Waals surface area contributed by atoms with Gasteiger partial charge in [-0.05, 0) is 61.0 Å². The predicted molar refractivity (Wildman–Crippen MR) is 124 cm³/mol. The first-order valence-corrected chi connectivity index (χ1v) is 10.3. The Labute approximate surface area is 187 Å². The van der Waals surface area contributed by atoms with Crippen LogP contribution in [0.5, 0.6) is 17.2 Å². The third-order valence-corrected chi connectivity index (χ3v) is 4.64. The van der Waals surface area contributed by atoms with Gasteiger partial charge in [-0.2, -0.15) is 0 Å². The average Bonchev–Trinajstić information content (AvgIpc) is 2.78. The molecule has 0 aliphatic rings. The summed E-state index contributed by atoms with van der Waals surface area (Å²) < 4.78 is 16.6. The number of methoxy groups -OCH3 is 1. The maximum absolute atomic E-state index is 12.2. The highest BCUT2D eigenvalue weighted by atomic mass is 35.5. The fourth-order valence-corrected chi connectivity index (χ4v) is 3.18. The molecule has 0 fully saturated rings. The molecule has 31 heavy (non-hydrogen) atoms. The van der Waals surface area contributed by atoms with Gasteiger partial charge >= 0.3 is 0 Å². The summed E-state index contributed by atoms with van der Waals surface area (Å²) in [6.45, 7) is 2.68. The van der Waals surface area contributed by atoms with Crippen LogP contribution in [0.1, 0.15) is 12.5 Å². The number of hydrogen-bond donors (Lipinski definition) is 2. The van der Waals surface area contributed by atoms with E-state index in [1.165, 1.54) is 0 Å². The summed E-state index contributed by atoms with van der Waals surface area (Å²) in [5.41, 5.74) is 2.57. The van der Waals surface area contributed by atoms with E-state index in [2.05, 4.69) is 10.6 Å². The van der Waals surface area contributed by atoms with Crippen LogP contribution >= 0.6 is 11.6 Å². The third-order valence-electron chi connectivity index (χ3n) is 4.36. The lowest BCUT2D eigenvalue weighted by atomic mass is 10.2. The number of ether oxygens (including phenoxy) is 3. The third kappa shape index (κ3) is 6.55. The Morgan fingerprint density at radius 2 is 1.71 bits per heavy atom. The van der Waals surface area contributed by atoms with Crippen LogP contribution in [0.2, 0.25) is 5.02 Å². The van der Waals surface area contributed by atoms with Gasteiger partial charge in [0.2, 0.25) is 0 Å². The summed E-state index contributed by atoms with van der Waals surface area (Å²) in [5.74, 6) is 1.36. The molecule has 7 heteroatoms. The highest BCUT2D eigenvalue weighted by Crippen LogP contribution is 2.37. The fourth-order valence-electron chi connectivity index (χ4n) is 2.90. The van der Waals surface area contributed by atoms with Gasteiger partial charge in [-0.1, -0.05) is 29.8 Å². The lowest BCUT2D eigenvalue weighted by molar-refractivity contribution is -0.118. The van der Waals surface area contributed by atoms with Gasteiger partial charge in [0.25, 0.3) is 5.91 Å². The predicted octanol–water partition coefficient (Wildman–Crippen LogP) is 5.38. The highest BCUT2D eigenvalue weighted by molar-refractivity contribution is 6.32. The molecule has 3 aromatic carbocycles. The molecule has 0 aromatic heterocycles. The molecule has 3 aromatic rings. The molecule has 6 nitrogen and oxygen atoms in total. The summed E-state index contributed by atoms with van der Waals surface area (Å²) in [6.07, 6.45) is 0. The van der Waals surface area contributed by atoms with E-state index in [1.807, 2.05) is 55.5 Å². The smallest absolute Gasteiger partial charge is 0.262 e. The zero-order chi connectivity index (χ0) is 22.1. The topological polar surface area (TPSA) is 68.8 Å². The Bertz CT molecular complexity index is 994. The van der Waals surface area contributed by atoms with Crippen LogP contribution < -0.4 is 24.8 Å². The van der Waals surface area contributed by atoms with Crippen molar-refractivity contribution in [3.63, 3.8) is 0 Å². The molecule has 0 spiro atoms. The van der Waals surface area contributed by atoms with Crippen molar-refractivity contribution in [3.05, 3.63) is 77.3 Å². The van der Waals surface area contributed by atoms with Gasteiger partial charge in [0.15, 0.2) is 18.1 Å². The largest absolute Gasteiger partial charge is 0.497 e. The molecular weight excluding hydrogens is 416 g/mol. The van der Waals surface area contributed by atoms with Gasteiger partial charge in [-0.3, -0.25) is 4.79 Å². The molecule has 0 radical (unpaired) electrons. The van der Waals surface area contributed by atoms with E-state index in [9.17, 15) is 4.79 Å². The Hall–Kier alpha value is -3.38. The number of carbonyl (C=O) groups excluding carboxylic acids is 1. The first kappa shape index (κ1) is 22.3. The summed E-state index contributed by atoms with van der Waals surface area (Å²) in [4.78, 5) is 12.2. The van der Waals surface area contributed by atoms with E-state index >= 15 is 0 Å². The van der Waals surface area contributed by atoms with Crippen molar-refractivity contribution in [2.24, 2.45) is 0 Å². The number of carbonyl (C=O) groups is 1. The molecule has 0 bridgehead atoms. The van der Waals surface area contributed by atoms with Crippen molar-refractivity contribution in [3.8, 4) is 17.2 Å². The number of nitrogens with one attached hydrogen (secondary N) is 2. The second kappa shape index (κ2) is 11.1. The minimum atomic E-state index is -0.282. The molecule has 0 unspecified atom stereocenters. The average molecular weight is 441 g/mol. The lowest BCUT2D eigenvalue weighted by Gasteiger charge is -2.16. The van der Waals surface area contributed by atoms with Crippen molar-refractivity contribution >= 4 is 28.9 Å². The van der Waals surface area contributed by atoms with Gasteiger partial charge in [-0.15, -0.1) is 0 Å². The van der Waals surface area contributed by atoms with Crippen LogP contribution in [0.4, 0.5) is 11.4 Å². The van der Waals surface area contributed by atoms with Crippen LogP contribution in [0.3, 0.4) is 0 Å². The molecule has 1 amide bonds. The molecule has 2 N–H and O–H groups in total. The van der Waals surface area contributed by atoms with Gasteiger partial charge in [0.05, 0.1) is 18.7 Å². The molecule has 0 aliphatic heterocycles. The minimum Gasteiger partial charge on any atom is -0.497 e. The standard InChI is InChI=1S/C24H25ClN2O4/c1-3-30-22-14-17(15-26-18-9-11-20(29-2)12-10-18)13-21(25)24(22)31-16-23(28)27-19-7-5-4-6-8-19/h4-14,26H,3,15-16H2,1-2H3,(H,27,28). The first-order chi connectivity index (χ1) is 15.1. The Balaban J connectivity index is 1.65. The Kier molecular flexibility index (Phi) is 8.01. The number of amides is 1. The summed E-state index contributed by atoms with van der Waals surface area (Å²) in [7, 11) is 1.63. The number of para-hydroxylation sites is 1. The maximum atomic E-state index is 12.2. The minimum absolute atomic E-state index is 0.182. The molecule has 0 atom stereocenters. The monoisotopic (exact) mass is 440 g/mol. The number of hydrogen-bond acceptors (Lipinski definition) is 5. The van der Waals surface area contributed by atoms with Gasteiger partial charge in [-0.25, -0.2) is 0 Å². The molecule has 162 valence electrons. The van der Waals surface area contributed by atoms with Crippen LogP contribution in [0.15, 0.2) is 66.7 Å². The second-order valence-electron chi connectivity index (χ2n) is 6.62. The van der Waals surface area contributed by atoms with E-state index < -0.39 is 0 Å². The van der Waals surface area contributed by atoms with Crippen molar-refractivity contribution < 1.29 is 19.0 Å². The van der Waals surface area contributed by atoms with E-state index in [1.54, 1.807) is 25.3 Å². The Morgan fingerprint density at radius 3 is 2.39 bits per heavy atom. The summed E-state index contributed by atoms with van der Waals surface area (Å²) in [5, 5.41) is 6.49. The van der Waals surface area contributed by atoms with E-state index in [4.69, 9.17) is 25.8 Å². The van der Waals surface area contributed by atoms with E-state index in [0.717, 1.165) is 17.0 Å². The lowest BCUT2D eigenvalue weighted by Crippen LogP contribution is -2.20. The first-order valence-electron chi connectivity index (χ1n) is 9.90. The van der Waals surface area contributed by atoms with Gasteiger partial charge in [0, 0.05) is 17.9 Å². The molecule has 3 rings (SSSR count). The number of halogens is 1. The number of anilines is 2. The van der Waals surface area contributed by atoms with Crippen LogP contribution in [0.25, 0.3) is 0 Å². The van der Waals surface area contributed by atoms with E-state index in [0.29, 0.717) is 35.4 Å². The zero-order valence-electron chi connectivity index (χ0n) is 17.5. The SMILES string of the molecule is CCOc1cc(CNc2ccc(OC)cc2)cc(Cl)c1OCC(=O)Nc1ccccc1. The number of rotatable bonds is 10. The van der Waals surface area contributed by atoms with Crippen molar-refractivity contribution in [1.29, 1.82) is 0 Å². The van der Waals surface area contributed by atoms with Crippen LogP contribution in [-0.2, 0) is 11.3 Å². The quantitative estimate of drug-likeness (QED) is 0.443. The van der Waals surface area contributed by atoms with Gasteiger partial charge < -0.3 is 24.8 Å². The van der Waals surface area contributed by atoms with Crippen molar-refractivity contribution in [2.45, 2.75) is 13.5 Å². The van der Waals surface area contributed by atoms with Crippen molar-refractivity contribution in [1.82, 2.24) is 0 Å². The van der Waals surface area contributed by atoms with Crippen LogP contribution in [0, 0.1) is 0 Å².